The maximum Gasteiger partial charge on any atom is 0.261 e. The molecule has 2 amide bonds. The van der Waals surface area contributed by atoms with E-state index in [2.05, 4.69) is 9.71 Å². The van der Waals surface area contributed by atoms with Gasteiger partial charge in [-0.1, -0.05) is 12.1 Å². The third kappa shape index (κ3) is 4.15. The van der Waals surface area contributed by atoms with Crippen LogP contribution < -0.4 is 14.4 Å². The molecular weight excluding hydrogens is 406 g/mol. The normalized spacial score (nSPS) is 14.1. The molecule has 0 bridgehead atoms. The van der Waals surface area contributed by atoms with Gasteiger partial charge in [-0.25, -0.2) is 13.4 Å². The van der Waals surface area contributed by atoms with Gasteiger partial charge in [0.1, 0.15) is 5.75 Å². The van der Waals surface area contributed by atoms with Crippen LogP contribution in [0.25, 0.3) is 0 Å². The number of sulfonamides is 1. The summed E-state index contributed by atoms with van der Waals surface area (Å²) in [4.78, 5) is 28.8. The molecule has 152 valence electrons. The monoisotopic (exact) mass is 423 g/mol. The van der Waals surface area contributed by atoms with Gasteiger partial charge in [-0.2, -0.15) is 0 Å². The molecule has 1 aliphatic heterocycles. The third-order valence-corrected chi connectivity index (χ3v) is 5.80. The fourth-order valence-electron chi connectivity index (χ4n) is 3.00. The number of anilines is 2. The summed E-state index contributed by atoms with van der Waals surface area (Å²) >= 11 is 0. The van der Waals surface area contributed by atoms with Crippen LogP contribution >= 0.6 is 0 Å². The highest BCUT2D eigenvalue weighted by molar-refractivity contribution is 7.92. The minimum Gasteiger partial charge on any atom is -0.439 e. The summed E-state index contributed by atoms with van der Waals surface area (Å²) in [6, 6.07) is 17.3. The first-order valence-corrected chi connectivity index (χ1v) is 10.6. The Balaban J connectivity index is 1.51. The van der Waals surface area contributed by atoms with Crippen LogP contribution in [0.15, 0.2) is 77.8 Å². The average molecular weight is 423 g/mol. The van der Waals surface area contributed by atoms with E-state index in [1.807, 2.05) is 0 Å². The average Bonchev–Trinajstić information content (AvgIpc) is 3.07. The molecule has 8 nitrogen and oxygen atoms in total. The Morgan fingerprint density at radius 3 is 2.30 bits per heavy atom. The molecule has 2 aromatic carbocycles. The van der Waals surface area contributed by atoms with Crippen LogP contribution in [0.4, 0.5) is 11.4 Å². The van der Waals surface area contributed by atoms with Crippen molar-refractivity contribution in [2.75, 3.05) is 9.62 Å². The number of imide groups is 1. The van der Waals surface area contributed by atoms with Crippen molar-refractivity contribution in [1.29, 1.82) is 0 Å². The van der Waals surface area contributed by atoms with E-state index in [1.165, 1.54) is 24.3 Å². The van der Waals surface area contributed by atoms with Crippen molar-refractivity contribution in [3.05, 3.63) is 72.9 Å². The number of pyridine rings is 1. The van der Waals surface area contributed by atoms with E-state index < -0.39 is 10.0 Å². The molecule has 1 aromatic heterocycles. The lowest BCUT2D eigenvalue weighted by molar-refractivity contribution is -0.121. The molecule has 1 fully saturated rings. The van der Waals surface area contributed by atoms with Crippen LogP contribution in [0.3, 0.4) is 0 Å². The number of nitrogens with zero attached hydrogens (tertiary/aromatic N) is 2. The van der Waals surface area contributed by atoms with E-state index in [0.717, 1.165) is 4.90 Å². The molecule has 0 spiro atoms. The first kappa shape index (κ1) is 19.6. The number of benzene rings is 2. The van der Waals surface area contributed by atoms with Gasteiger partial charge in [0, 0.05) is 31.2 Å². The SMILES string of the molecule is O=C1CCC(=O)N1c1ccc(S(=O)(=O)Nc2cccc(Oc3ccccn3)c2)cc1. The maximum absolute atomic E-state index is 12.7. The minimum absolute atomic E-state index is 0.00129. The number of carbonyl (C=O) groups is 2. The van der Waals surface area contributed by atoms with Gasteiger partial charge < -0.3 is 4.74 Å². The van der Waals surface area contributed by atoms with Crippen molar-refractivity contribution in [3.63, 3.8) is 0 Å². The van der Waals surface area contributed by atoms with Gasteiger partial charge in [0.25, 0.3) is 10.0 Å². The van der Waals surface area contributed by atoms with Crippen LogP contribution in [0.1, 0.15) is 12.8 Å². The van der Waals surface area contributed by atoms with E-state index in [-0.39, 0.29) is 29.6 Å². The Morgan fingerprint density at radius 1 is 0.900 bits per heavy atom. The van der Waals surface area contributed by atoms with Gasteiger partial charge in [0.2, 0.25) is 17.7 Å². The number of hydrogen-bond acceptors (Lipinski definition) is 6. The van der Waals surface area contributed by atoms with E-state index in [1.54, 1.807) is 48.7 Å². The predicted molar refractivity (Wildman–Crippen MR) is 110 cm³/mol. The number of amides is 2. The van der Waals surface area contributed by atoms with Crippen molar-refractivity contribution < 1.29 is 22.7 Å². The standard InChI is InChI=1S/C21H17N3O5S/c25-20-11-12-21(26)24(20)16-7-9-18(10-8-16)30(27,28)23-15-4-3-5-17(14-15)29-19-6-1-2-13-22-19/h1-10,13-14,23H,11-12H2. The number of rotatable bonds is 6. The molecule has 4 rings (SSSR count). The summed E-state index contributed by atoms with van der Waals surface area (Å²) in [7, 11) is -3.88. The van der Waals surface area contributed by atoms with Gasteiger partial charge in [0.05, 0.1) is 16.3 Å². The number of ether oxygens (including phenoxy) is 1. The number of nitrogens with one attached hydrogen (secondary N) is 1. The molecule has 9 heteroatoms. The number of hydrogen-bond donors (Lipinski definition) is 1. The molecule has 30 heavy (non-hydrogen) atoms. The molecule has 0 radical (unpaired) electrons. The second-order valence-electron chi connectivity index (χ2n) is 6.52. The summed E-state index contributed by atoms with van der Waals surface area (Å²) in [5.41, 5.74) is 0.671. The highest BCUT2D eigenvalue weighted by atomic mass is 32.2. The first-order chi connectivity index (χ1) is 14.4. The van der Waals surface area contributed by atoms with Gasteiger partial charge >= 0.3 is 0 Å². The Bertz CT molecular complexity index is 1180. The van der Waals surface area contributed by atoms with Crippen LogP contribution in [-0.2, 0) is 19.6 Å². The van der Waals surface area contributed by atoms with Crippen molar-refractivity contribution in [3.8, 4) is 11.6 Å². The van der Waals surface area contributed by atoms with Gasteiger partial charge in [-0.3, -0.25) is 19.2 Å². The molecule has 1 N–H and O–H groups in total. The molecule has 1 aliphatic rings. The van der Waals surface area contributed by atoms with E-state index in [0.29, 0.717) is 23.0 Å². The lowest BCUT2D eigenvalue weighted by atomic mass is 10.3. The molecular formula is C21H17N3O5S. The Kier molecular flexibility index (Phi) is 5.20. The van der Waals surface area contributed by atoms with Crippen molar-refractivity contribution >= 4 is 33.2 Å². The van der Waals surface area contributed by atoms with Crippen LogP contribution in [-0.4, -0.2) is 25.2 Å². The maximum atomic E-state index is 12.7. The third-order valence-electron chi connectivity index (χ3n) is 4.40. The van der Waals surface area contributed by atoms with Gasteiger partial charge in [-0.15, -0.1) is 0 Å². The zero-order valence-corrected chi connectivity index (χ0v) is 16.5. The molecule has 2 heterocycles. The second kappa shape index (κ2) is 7.96. The lowest BCUT2D eigenvalue weighted by Crippen LogP contribution is -2.28. The Labute approximate surface area is 173 Å². The van der Waals surface area contributed by atoms with E-state index >= 15 is 0 Å². The summed E-state index contributed by atoms with van der Waals surface area (Å²) in [5, 5.41) is 0. The van der Waals surface area contributed by atoms with E-state index in [9.17, 15) is 18.0 Å². The molecule has 3 aromatic rings. The van der Waals surface area contributed by atoms with E-state index in [4.69, 9.17) is 4.74 Å². The van der Waals surface area contributed by atoms with Gasteiger partial charge in [0.15, 0.2) is 0 Å². The fraction of sp³-hybridized carbons (Fsp3) is 0.0952. The number of carbonyl (C=O) groups excluding carboxylic acids is 2. The fourth-order valence-corrected chi connectivity index (χ4v) is 4.05. The largest absolute Gasteiger partial charge is 0.439 e. The minimum atomic E-state index is -3.88. The zero-order valence-electron chi connectivity index (χ0n) is 15.7. The Hall–Kier alpha value is -3.72. The first-order valence-electron chi connectivity index (χ1n) is 9.10. The summed E-state index contributed by atoms with van der Waals surface area (Å²) in [6.07, 6.45) is 1.92. The van der Waals surface area contributed by atoms with Crippen molar-refractivity contribution in [2.24, 2.45) is 0 Å². The number of aromatic nitrogens is 1. The molecule has 0 atom stereocenters. The topological polar surface area (TPSA) is 106 Å². The Morgan fingerprint density at radius 2 is 1.63 bits per heavy atom. The highest BCUT2D eigenvalue weighted by Gasteiger charge is 2.30. The van der Waals surface area contributed by atoms with Crippen LogP contribution in [0.2, 0.25) is 0 Å². The predicted octanol–water partition coefficient (Wildman–Crippen LogP) is 3.33. The molecule has 0 saturated carbocycles. The summed E-state index contributed by atoms with van der Waals surface area (Å²) < 4.78 is 33.5. The smallest absolute Gasteiger partial charge is 0.261 e. The lowest BCUT2D eigenvalue weighted by Gasteiger charge is -2.14. The summed E-state index contributed by atoms with van der Waals surface area (Å²) in [5.74, 6) is 0.228. The quantitative estimate of drug-likeness (QED) is 0.610. The van der Waals surface area contributed by atoms with Crippen LogP contribution in [0.5, 0.6) is 11.6 Å². The second-order valence-corrected chi connectivity index (χ2v) is 8.20. The van der Waals surface area contributed by atoms with Gasteiger partial charge in [-0.05, 0) is 42.5 Å². The van der Waals surface area contributed by atoms with Crippen molar-refractivity contribution in [1.82, 2.24) is 4.98 Å². The van der Waals surface area contributed by atoms with Crippen molar-refractivity contribution in [2.45, 2.75) is 17.7 Å². The molecule has 0 unspecified atom stereocenters. The molecule has 1 saturated heterocycles. The highest BCUT2D eigenvalue weighted by Crippen LogP contribution is 2.26. The molecule has 0 aliphatic carbocycles. The van der Waals surface area contributed by atoms with Crippen LogP contribution in [0, 0.1) is 0 Å². The summed E-state index contributed by atoms with van der Waals surface area (Å²) in [6.45, 7) is 0. The zero-order chi connectivity index (χ0) is 21.1.